The predicted molar refractivity (Wildman–Crippen MR) is 70.9 cm³/mol. The lowest BCUT2D eigenvalue weighted by atomic mass is 10.1. The summed E-state index contributed by atoms with van der Waals surface area (Å²) >= 11 is 0. The predicted octanol–water partition coefficient (Wildman–Crippen LogP) is 3.56. The Morgan fingerprint density at radius 1 is 1.05 bits per heavy atom. The summed E-state index contributed by atoms with van der Waals surface area (Å²) in [6.45, 7) is 1.44. The molecule has 0 amide bonds. The second-order valence-corrected chi connectivity index (χ2v) is 4.50. The molecule has 0 saturated carbocycles. The molecule has 0 heterocycles. The zero-order chi connectivity index (χ0) is 14.7. The Labute approximate surface area is 114 Å². The Morgan fingerprint density at radius 2 is 1.70 bits per heavy atom. The molecule has 0 aromatic heterocycles. The smallest absolute Gasteiger partial charge is 0.152 e. The van der Waals surface area contributed by atoms with Gasteiger partial charge in [-0.25, -0.2) is 13.2 Å². The van der Waals surface area contributed by atoms with Gasteiger partial charge in [0.1, 0.15) is 17.3 Å². The molecular weight excluding hydrogens is 267 g/mol. The van der Waals surface area contributed by atoms with Gasteiger partial charge >= 0.3 is 0 Å². The lowest BCUT2D eigenvalue weighted by molar-refractivity contribution is 0.191. The number of aryl methyl sites for hydroxylation is 1. The molecule has 0 aliphatic heterocycles. The van der Waals surface area contributed by atoms with Crippen molar-refractivity contribution in [2.24, 2.45) is 0 Å². The Balaban J connectivity index is 2.09. The van der Waals surface area contributed by atoms with E-state index in [2.05, 4.69) is 5.32 Å². The van der Waals surface area contributed by atoms with E-state index in [1.807, 2.05) is 0 Å². The molecule has 106 valence electrons. The summed E-state index contributed by atoms with van der Waals surface area (Å²) in [6.07, 6.45) is -0.991. The second-order valence-electron chi connectivity index (χ2n) is 4.50. The first-order chi connectivity index (χ1) is 9.49. The normalized spacial score (nSPS) is 12.2. The fraction of sp³-hybridized carbons (Fsp3) is 0.200. The lowest BCUT2D eigenvalue weighted by Crippen LogP contribution is -2.14. The zero-order valence-corrected chi connectivity index (χ0v) is 10.8. The standard InChI is InChI=1S/C15H14F3NO/c1-9-2-7-12(17)15(14(9)18)19-8-13(20)10-3-5-11(16)6-4-10/h2-7,13,19-20H,8H2,1H3. The lowest BCUT2D eigenvalue weighted by Gasteiger charge is -2.15. The molecule has 0 aliphatic carbocycles. The minimum atomic E-state index is -0.991. The number of hydrogen-bond donors (Lipinski definition) is 2. The van der Waals surface area contributed by atoms with Crippen LogP contribution in [-0.4, -0.2) is 11.7 Å². The van der Waals surface area contributed by atoms with E-state index in [1.54, 1.807) is 0 Å². The van der Waals surface area contributed by atoms with Crippen LogP contribution in [0.15, 0.2) is 36.4 Å². The average Bonchev–Trinajstić information content (AvgIpc) is 2.43. The molecule has 2 aromatic rings. The number of halogens is 3. The van der Waals surface area contributed by atoms with Gasteiger partial charge in [-0.05, 0) is 36.2 Å². The third kappa shape index (κ3) is 3.11. The summed E-state index contributed by atoms with van der Waals surface area (Å²) in [7, 11) is 0. The van der Waals surface area contributed by atoms with E-state index in [4.69, 9.17) is 0 Å². The number of rotatable bonds is 4. The molecule has 0 bridgehead atoms. The Morgan fingerprint density at radius 3 is 2.35 bits per heavy atom. The molecule has 0 saturated heterocycles. The summed E-state index contributed by atoms with van der Waals surface area (Å²) < 4.78 is 40.0. The van der Waals surface area contributed by atoms with Gasteiger partial charge in [0.2, 0.25) is 0 Å². The van der Waals surface area contributed by atoms with Crippen LogP contribution in [0, 0.1) is 24.4 Å². The van der Waals surface area contributed by atoms with Crippen molar-refractivity contribution in [3.05, 3.63) is 65.0 Å². The van der Waals surface area contributed by atoms with Crippen molar-refractivity contribution in [1.29, 1.82) is 0 Å². The molecule has 2 N–H and O–H groups in total. The summed E-state index contributed by atoms with van der Waals surface area (Å²) in [5, 5.41) is 12.4. The van der Waals surface area contributed by atoms with Gasteiger partial charge in [0.05, 0.1) is 6.10 Å². The van der Waals surface area contributed by atoms with Gasteiger partial charge in [-0.1, -0.05) is 18.2 Å². The van der Waals surface area contributed by atoms with Crippen LogP contribution in [0.25, 0.3) is 0 Å². The van der Waals surface area contributed by atoms with Crippen LogP contribution in [0.1, 0.15) is 17.2 Å². The number of anilines is 1. The number of nitrogens with one attached hydrogen (secondary N) is 1. The molecular formula is C15H14F3NO. The summed E-state index contributed by atoms with van der Waals surface area (Å²) in [4.78, 5) is 0. The number of benzene rings is 2. The molecule has 20 heavy (non-hydrogen) atoms. The minimum Gasteiger partial charge on any atom is -0.387 e. The van der Waals surface area contributed by atoms with Crippen molar-refractivity contribution >= 4 is 5.69 Å². The second kappa shape index (κ2) is 5.96. The van der Waals surface area contributed by atoms with Crippen molar-refractivity contribution in [2.75, 3.05) is 11.9 Å². The van der Waals surface area contributed by atoms with Gasteiger partial charge in [0, 0.05) is 6.54 Å². The molecule has 1 atom stereocenters. The van der Waals surface area contributed by atoms with Crippen LogP contribution < -0.4 is 5.32 Å². The highest BCUT2D eigenvalue weighted by Crippen LogP contribution is 2.23. The fourth-order valence-corrected chi connectivity index (χ4v) is 1.82. The van der Waals surface area contributed by atoms with Gasteiger partial charge in [-0.3, -0.25) is 0 Å². The van der Waals surface area contributed by atoms with Gasteiger partial charge in [-0.15, -0.1) is 0 Å². The third-order valence-electron chi connectivity index (χ3n) is 3.01. The van der Waals surface area contributed by atoms with Gasteiger partial charge in [-0.2, -0.15) is 0 Å². The van der Waals surface area contributed by atoms with Crippen LogP contribution in [-0.2, 0) is 0 Å². The van der Waals surface area contributed by atoms with E-state index in [9.17, 15) is 18.3 Å². The topological polar surface area (TPSA) is 32.3 Å². The number of hydrogen-bond acceptors (Lipinski definition) is 2. The molecule has 0 aliphatic rings. The quantitative estimate of drug-likeness (QED) is 0.898. The zero-order valence-electron chi connectivity index (χ0n) is 10.8. The van der Waals surface area contributed by atoms with Crippen molar-refractivity contribution < 1.29 is 18.3 Å². The van der Waals surface area contributed by atoms with Gasteiger partial charge in [0.25, 0.3) is 0 Å². The summed E-state index contributed by atoms with van der Waals surface area (Å²) in [5.74, 6) is -1.82. The van der Waals surface area contributed by atoms with Crippen LogP contribution in [0.4, 0.5) is 18.9 Å². The molecule has 2 rings (SSSR count). The first-order valence-electron chi connectivity index (χ1n) is 6.11. The van der Waals surface area contributed by atoms with E-state index < -0.39 is 23.6 Å². The van der Waals surface area contributed by atoms with Gasteiger partial charge < -0.3 is 10.4 Å². The highest BCUT2D eigenvalue weighted by molar-refractivity contribution is 5.49. The minimum absolute atomic E-state index is 0.0804. The molecule has 0 radical (unpaired) electrons. The SMILES string of the molecule is Cc1ccc(F)c(NCC(O)c2ccc(F)cc2)c1F. The van der Waals surface area contributed by atoms with Crippen molar-refractivity contribution in [3.8, 4) is 0 Å². The maximum Gasteiger partial charge on any atom is 0.152 e. The van der Waals surface area contributed by atoms with Gasteiger partial charge in [0.15, 0.2) is 5.82 Å². The van der Waals surface area contributed by atoms with Crippen LogP contribution in [0.3, 0.4) is 0 Å². The molecule has 1 unspecified atom stereocenters. The largest absolute Gasteiger partial charge is 0.387 e. The van der Waals surface area contributed by atoms with Crippen LogP contribution in [0.2, 0.25) is 0 Å². The Kier molecular flexibility index (Phi) is 4.29. The van der Waals surface area contributed by atoms with Crippen molar-refractivity contribution in [1.82, 2.24) is 0 Å². The molecule has 2 nitrogen and oxygen atoms in total. The van der Waals surface area contributed by atoms with E-state index in [0.29, 0.717) is 11.1 Å². The molecule has 0 spiro atoms. The summed E-state index contributed by atoms with van der Waals surface area (Å²) in [5.41, 5.74) is 0.503. The van der Waals surface area contributed by atoms with Crippen molar-refractivity contribution in [2.45, 2.75) is 13.0 Å². The van der Waals surface area contributed by atoms with Crippen LogP contribution in [0.5, 0.6) is 0 Å². The maximum absolute atomic E-state index is 13.7. The number of aliphatic hydroxyl groups is 1. The highest BCUT2D eigenvalue weighted by atomic mass is 19.1. The Hall–Kier alpha value is -2.01. The average molecular weight is 281 g/mol. The fourth-order valence-electron chi connectivity index (χ4n) is 1.82. The summed E-state index contributed by atoms with van der Waals surface area (Å²) in [6, 6.07) is 7.77. The van der Waals surface area contributed by atoms with Crippen LogP contribution >= 0.6 is 0 Å². The number of aliphatic hydroxyl groups excluding tert-OH is 1. The van der Waals surface area contributed by atoms with Crippen molar-refractivity contribution in [3.63, 3.8) is 0 Å². The van der Waals surface area contributed by atoms with E-state index in [0.717, 1.165) is 6.07 Å². The molecule has 5 heteroatoms. The monoisotopic (exact) mass is 281 g/mol. The Bertz CT molecular complexity index is 599. The van der Waals surface area contributed by atoms with E-state index in [-0.39, 0.29) is 12.2 Å². The van der Waals surface area contributed by atoms with E-state index in [1.165, 1.54) is 37.3 Å². The molecule has 2 aromatic carbocycles. The third-order valence-corrected chi connectivity index (χ3v) is 3.01. The first-order valence-corrected chi connectivity index (χ1v) is 6.11. The molecule has 0 fully saturated rings. The maximum atomic E-state index is 13.7. The van der Waals surface area contributed by atoms with E-state index >= 15 is 0 Å². The highest BCUT2D eigenvalue weighted by Gasteiger charge is 2.13. The first kappa shape index (κ1) is 14.4.